The van der Waals surface area contributed by atoms with Crippen molar-refractivity contribution in [2.75, 3.05) is 0 Å². The highest BCUT2D eigenvalue weighted by Crippen LogP contribution is 1.86. The molecular formula is C10H12O. The molecule has 0 saturated carbocycles. The maximum atomic E-state index is 10.1. The summed E-state index contributed by atoms with van der Waals surface area (Å²) in [5.41, 5.74) is 1.81. The Hall–Kier alpha value is -1.29. The van der Waals surface area contributed by atoms with Crippen LogP contribution in [-0.4, -0.2) is 6.29 Å². The van der Waals surface area contributed by atoms with Gasteiger partial charge in [0.05, 0.1) is 0 Å². The number of allylic oxidation sites excluding steroid dienone is 4. The van der Waals surface area contributed by atoms with Gasteiger partial charge in [-0.05, 0) is 38.5 Å². The molecule has 0 aromatic heterocycles. The number of hydrogen-bond donors (Lipinski definition) is 0. The van der Waals surface area contributed by atoms with Crippen molar-refractivity contribution in [1.82, 2.24) is 0 Å². The first-order valence-corrected chi connectivity index (χ1v) is 3.43. The number of rotatable bonds is 1. The van der Waals surface area contributed by atoms with E-state index in [0.717, 1.165) is 11.9 Å². The van der Waals surface area contributed by atoms with Crippen LogP contribution < -0.4 is 0 Å². The van der Waals surface area contributed by atoms with E-state index in [1.807, 2.05) is 19.9 Å². The van der Waals surface area contributed by atoms with Crippen molar-refractivity contribution in [2.45, 2.75) is 20.8 Å². The maximum absolute atomic E-state index is 10.1. The Balaban J connectivity index is 4.11. The van der Waals surface area contributed by atoms with E-state index < -0.39 is 0 Å². The molecule has 0 amide bonds. The molecule has 0 aromatic rings. The summed E-state index contributed by atoms with van der Waals surface area (Å²) in [7, 11) is 0. The summed E-state index contributed by atoms with van der Waals surface area (Å²) in [6.07, 6.45) is 4.21. The van der Waals surface area contributed by atoms with E-state index in [0.29, 0.717) is 5.57 Å². The van der Waals surface area contributed by atoms with Gasteiger partial charge in [-0.2, -0.15) is 0 Å². The van der Waals surface area contributed by atoms with Gasteiger partial charge in [0.25, 0.3) is 0 Å². The average Bonchev–Trinajstić information content (AvgIpc) is 1.97. The van der Waals surface area contributed by atoms with Gasteiger partial charge in [-0.3, -0.25) is 4.79 Å². The predicted molar refractivity (Wildman–Crippen MR) is 47.0 cm³/mol. The second kappa shape index (κ2) is 5.49. The van der Waals surface area contributed by atoms with Gasteiger partial charge in [0.1, 0.15) is 6.29 Å². The normalized spacial score (nSPS) is 9.55. The zero-order valence-corrected chi connectivity index (χ0v) is 7.14. The molecule has 0 heterocycles. The maximum Gasteiger partial charge on any atom is 0.146 e. The van der Waals surface area contributed by atoms with Crippen LogP contribution in [0, 0.1) is 11.8 Å². The lowest BCUT2D eigenvalue weighted by molar-refractivity contribution is -0.104. The van der Waals surface area contributed by atoms with Gasteiger partial charge in [-0.1, -0.05) is 17.4 Å². The highest BCUT2D eigenvalue weighted by molar-refractivity contribution is 5.73. The van der Waals surface area contributed by atoms with Crippen molar-refractivity contribution >= 4 is 6.29 Å². The van der Waals surface area contributed by atoms with Gasteiger partial charge in [-0.15, -0.1) is 0 Å². The molecule has 0 aromatic carbocycles. The third-order valence-corrected chi connectivity index (χ3v) is 0.930. The molecule has 11 heavy (non-hydrogen) atoms. The molecule has 0 aliphatic heterocycles. The van der Waals surface area contributed by atoms with Crippen molar-refractivity contribution in [1.29, 1.82) is 0 Å². The van der Waals surface area contributed by atoms with Crippen molar-refractivity contribution in [3.63, 3.8) is 0 Å². The lowest BCUT2D eigenvalue weighted by Gasteiger charge is -1.78. The molecule has 0 atom stereocenters. The Morgan fingerprint density at radius 3 is 2.09 bits per heavy atom. The molecule has 0 aliphatic rings. The molecule has 58 valence electrons. The highest BCUT2D eigenvalue weighted by atomic mass is 16.1. The Morgan fingerprint density at radius 2 is 1.64 bits per heavy atom. The summed E-state index contributed by atoms with van der Waals surface area (Å²) in [4.78, 5) is 10.1. The van der Waals surface area contributed by atoms with E-state index >= 15 is 0 Å². The quantitative estimate of drug-likeness (QED) is 0.316. The van der Waals surface area contributed by atoms with Crippen molar-refractivity contribution in [2.24, 2.45) is 0 Å². The van der Waals surface area contributed by atoms with Crippen LogP contribution in [0.15, 0.2) is 23.3 Å². The van der Waals surface area contributed by atoms with Crippen LogP contribution in [0.1, 0.15) is 20.8 Å². The Bertz CT molecular complexity index is 242. The van der Waals surface area contributed by atoms with Crippen LogP contribution in [0.2, 0.25) is 0 Å². The Labute approximate surface area is 67.8 Å². The third-order valence-electron chi connectivity index (χ3n) is 0.930. The summed E-state index contributed by atoms with van der Waals surface area (Å²) in [6.45, 7) is 5.68. The Morgan fingerprint density at radius 1 is 1.09 bits per heavy atom. The van der Waals surface area contributed by atoms with Crippen LogP contribution >= 0.6 is 0 Å². The van der Waals surface area contributed by atoms with Crippen molar-refractivity contribution in [3.05, 3.63) is 23.3 Å². The van der Waals surface area contributed by atoms with Gasteiger partial charge < -0.3 is 0 Å². The topological polar surface area (TPSA) is 17.1 Å². The SMILES string of the molecule is CC(C)=CC#C/C=C(/C)C=O. The van der Waals surface area contributed by atoms with Gasteiger partial charge >= 0.3 is 0 Å². The molecule has 0 unspecified atom stereocenters. The standard InChI is InChI=1S/C10H12O/c1-9(2)6-4-5-7-10(3)8-11/h6-8H,1-3H3/b10-7-. The van der Waals surface area contributed by atoms with Crippen LogP contribution in [0.3, 0.4) is 0 Å². The molecule has 1 heteroatoms. The van der Waals surface area contributed by atoms with Crippen molar-refractivity contribution < 1.29 is 4.79 Å². The molecule has 0 N–H and O–H groups in total. The van der Waals surface area contributed by atoms with Crippen LogP contribution in [0.5, 0.6) is 0 Å². The van der Waals surface area contributed by atoms with Gasteiger partial charge in [-0.25, -0.2) is 0 Å². The lowest BCUT2D eigenvalue weighted by atomic mass is 10.3. The van der Waals surface area contributed by atoms with E-state index in [1.54, 1.807) is 13.0 Å². The summed E-state index contributed by atoms with van der Waals surface area (Å²) in [6, 6.07) is 0. The van der Waals surface area contributed by atoms with Gasteiger partial charge in [0.15, 0.2) is 0 Å². The van der Waals surface area contributed by atoms with E-state index in [2.05, 4.69) is 11.8 Å². The monoisotopic (exact) mass is 148 g/mol. The van der Waals surface area contributed by atoms with Crippen LogP contribution in [0.25, 0.3) is 0 Å². The van der Waals surface area contributed by atoms with Crippen LogP contribution in [-0.2, 0) is 4.79 Å². The van der Waals surface area contributed by atoms with Crippen LogP contribution in [0.4, 0.5) is 0 Å². The third kappa shape index (κ3) is 6.60. The smallest absolute Gasteiger partial charge is 0.146 e. The number of aldehydes is 1. The first-order chi connectivity index (χ1) is 5.16. The minimum Gasteiger partial charge on any atom is -0.298 e. The summed E-state index contributed by atoms with van der Waals surface area (Å²) in [5, 5.41) is 0. The largest absolute Gasteiger partial charge is 0.298 e. The molecule has 0 fully saturated rings. The lowest BCUT2D eigenvalue weighted by Crippen LogP contribution is -1.72. The second-order valence-electron chi connectivity index (χ2n) is 2.52. The number of carbonyl (C=O) groups is 1. The molecule has 0 saturated heterocycles. The molecular weight excluding hydrogens is 136 g/mol. The summed E-state index contributed by atoms with van der Waals surface area (Å²) < 4.78 is 0. The van der Waals surface area contributed by atoms with Gasteiger partial charge in [0.2, 0.25) is 0 Å². The molecule has 0 spiro atoms. The number of hydrogen-bond acceptors (Lipinski definition) is 1. The second-order valence-corrected chi connectivity index (χ2v) is 2.52. The van der Waals surface area contributed by atoms with E-state index in [1.165, 1.54) is 0 Å². The molecule has 0 aliphatic carbocycles. The summed E-state index contributed by atoms with van der Waals surface area (Å²) >= 11 is 0. The minimum absolute atomic E-state index is 0.652. The highest BCUT2D eigenvalue weighted by Gasteiger charge is 1.76. The van der Waals surface area contributed by atoms with Crippen molar-refractivity contribution in [3.8, 4) is 11.8 Å². The fraction of sp³-hybridized carbons (Fsp3) is 0.300. The zero-order valence-electron chi connectivity index (χ0n) is 7.14. The average molecular weight is 148 g/mol. The summed E-state index contributed by atoms with van der Waals surface area (Å²) in [5.74, 6) is 5.55. The van der Waals surface area contributed by atoms with Gasteiger partial charge in [0, 0.05) is 0 Å². The molecule has 0 rings (SSSR count). The predicted octanol–water partition coefficient (Wildman–Crippen LogP) is 2.10. The molecule has 0 bridgehead atoms. The minimum atomic E-state index is 0.652. The fourth-order valence-electron chi connectivity index (χ4n) is 0.376. The zero-order chi connectivity index (χ0) is 8.69. The first-order valence-electron chi connectivity index (χ1n) is 3.43. The number of carbonyl (C=O) groups excluding carboxylic acids is 1. The Kier molecular flexibility index (Phi) is 4.85. The molecule has 1 nitrogen and oxygen atoms in total. The first kappa shape index (κ1) is 9.71. The molecule has 0 radical (unpaired) electrons. The van der Waals surface area contributed by atoms with E-state index in [4.69, 9.17) is 0 Å². The van der Waals surface area contributed by atoms with E-state index in [-0.39, 0.29) is 0 Å². The van der Waals surface area contributed by atoms with E-state index in [9.17, 15) is 4.79 Å². The fourth-order valence-corrected chi connectivity index (χ4v) is 0.376.